The molecule has 0 amide bonds. The summed E-state index contributed by atoms with van der Waals surface area (Å²) in [4.78, 5) is 13.8. The van der Waals surface area contributed by atoms with Crippen molar-refractivity contribution in [3.8, 4) is 0 Å². The molecule has 0 radical (unpaired) electrons. The zero-order valence-electron chi connectivity index (χ0n) is 11.2. The van der Waals surface area contributed by atoms with Crippen LogP contribution in [0, 0.1) is 0 Å². The molecular weight excluding hydrogens is 252 g/mol. The molecule has 0 aliphatic carbocycles. The number of rotatable bonds is 6. The number of carbonyl (C=O) groups excluding carboxylic acids is 1. The Bertz CT molecular complexity index is 406. The van der Waals surface area contributed by atoms with E-state index in [0.29, 0.717) is 29.8 Å². The number of carbonyl (C=O) groups is 1. The summed E-state index contributed by atoms with van der Waals surface area (Å²) < 4.78 is 8.94. The van der Waals surface area contributed by atoms with E-state index < -0.39 is 5.97 Å². The molecule has 1 heterocycles. The summed E-state index contributed by atoms with van der Waals surface area (Å²) in [6.07, 6.45) is 0. The third-order valence-corrected chi connectivity index (χ3v) is 3.46. The predicted molar refractivity (Wildman–Crippen MR) is 74.1 cm³/mol. The summed E-state index contributed by atoms with van der Waals surface area (Å²) in [6, 6.07) is 0.336. The summed E-state index contributed by atoms with van der Waals surface area (Å²) in [6.45, 7) is 4.87. The number of anilines is 2. The first kappa shape index (κ1) is 14.7. The summed E-state index contributed by atoms with van der Waals surface area (Å²) in [5, 5.41) is 3.85. The molecule has 0 saturated carbocycles. The van der Waals surface area contributed by atoms with Gasteiger partial charge in [-0.1, -0.05) is 0 Å². The van der Waals surface area contributed by atoms with Crippen molar-refractivity contribution in [3.63, 3.8) is 0 Å². The molecule has 0 saturated heterocycles. The van der Waals surface area contributed by atoms with E-state index >= 15 is 0 Å². The van der Waals surface area contributed by atoms with Crippen LogP contribution in [0.15, 0.2) is 0 Å². The van der Waals surface area contributed by atoms with Crippen molar-refractivity contribution in [1.82, 2.24) is 9.27 Å². The summed E-state index contributed by atoms with van der Waals surface area (Å²) in [7, 11) is 4.00. The molecule has 6 nitrogen and oxygen atoms in total. The molecule has 0 aliphatic rings. The van der Waals surface area contributed by atoms with Gasteiger partial charge in [-0.25, -0.2) is 4.79 Å². The second-order valence-electron chi connectivity index (χ2n) is 4.19. The molecule has 18 heavy (non-hydrogen) atoms. The van der Waals surface area contributed by atoms with Gasteiger partial charge in [0, 0.05) is 12.6 Å². The number of nitrogens with zero attached hydrogens (tertiary/aromatic N) is 2. The summed E-state index contributed by atoms with van der Waals surface area (Å²) in [5.41, 5.74) is 6.03. The highest BCUT2D eigenvalue weighted by molar-refractivity contribution is 7.11. The van der Waals surface area contributed by atoms with Gasteiger partial charge in [-0.15, -0.1) is 0 Å². The van der Waals surface area contributed by atoms with Gasteiger partial charge in [0.1, 0.15) is 10.6 Å². The Morgan fingerprint density at radius 1 is 1.61 bits per heavy atom. The van der Waals surface area contributed by atoms with Gasteiger partial charge in [-0.3, -0.25) is 0 Å². The van der Waals surface area contributed by atoms with Crippen molar-refractivity contribution >= 4 is 28.3 Å². The Morgan fingerprint density at radius 3 is 2.83 bits per heavy atom. The number of aromatic nitrogens is 1. The van der Waals surface area contributed by atoms with Crippen LogP contribution in [-0.4, -0.2) is 48.5 Å². The van der Waals surface area contributed by atoms with E-state index in [0.717, 1.165) is 0 Å². The summed E-state index contributed by atoms with van der Waals surface area (Å²) in [5.74, 6) is -0.206. The average Bonchev–Trinajstić information content (AvgIpc) is 2.67. The fourth-order valence-electron chi connectivity index (χ4n) is 1.25. The van der Waals surface area contributed by atoms with Crippen LogP contribution >= 0.6 is 11.5 Å². The number of nitrogens with one attached hydrogen (secondary N) is 1. The molecular formula is C11H20N4O2S. The zero-order valence-corrected chi connectivity index (χ0v) is 12.0. The number of nitrogens with two attached hydrogens (primary N) is 1. The topological polar surface area (TPSA) is 80.5 Å². The van der Waals surface area contributed by atoms with Crippen LogP contribution in [-0.2, 0) is 4.74 Å². The first-order valence-electron chi connectivity index (χ1n) is 5.79. The molecule has 0 aromatic carbocycles. The fraction of sp³-hybridized carbons (Fsp3) is 0.636. The standard InChI is InChI=1S/C11H20N4O2S/c1-5-17-11(16)8-9(12)14-18-10(8)13-6-7(2)15(3)4/h7,13H,5-6H2,1-4H3,(H2,12,14). The van der Waals surface area contributed by atoms with Crippen LogP contribution in [0.1, 0.15) is 24.2 Å². The second-order valence-corrected chi connectivity index (χ2v) is 4.96. The molecule has 1 aromatic rings. The Kier molecular flexibility index (Phi) is 5.36. The highest BCUT2D eigenvalue weighted by atomic mass is 32.1. The van der Waals surface area contributed by atoms with Gasteiger partial charge in [0.15, 0.2) is 5.82 Å². The molecule has 0 aliphatic heterocycles. The molecule has 1 unspecified atom stereocenters. The van der Waals surface area contributed by atoms with Gasteiger partial charge in [0.25, 0.3) is 0 Å². The normalized spacial score (nSPS) is 12.5. The Labute approximate surface area is 111 Å². The maximum absolute atomic E-state index is 11.7. The molecule has 3 N–H and O–H groups in total. The van der Waals surface area contributed by atoms with Crippen LogP contribution in [0.25, 0.3) is 0 Å². The molecule has 1 rings (SSSR count). The number of nitrogen functional groups attached to an aromatic ring is 1. The zero-order chi connectivity index (χ0) is 13.7. The molecule has 0 bridgehead atoms. The first-order chi connectivity index (χ1) is 8.47. The molecule has 7 heteroatoms. The number of ether oxygens (including phenoxy) is 1. The third-order valence-electron chi connectivity index (χ3n) is 2.64. The van der Waals surface area contributed by atoms with E-state index in [4.69, 9.17) is 10.5 Å². The Balaban J connectivity index is 2.75. The minimum Gasteiger partial charge on any atom is -0.462 e. The number of esters is 1. The van der Waals surface area contributed by atoms with Crippen LogP contribution in [0.3, 0.4) is 0 Å². The van der Waals surface area contributed by atoms with E-state index in [1.807, 2.05) is 14.1 Å². The van der Waals surface area contributed by atoms with Gasteiger partial charge in [-0.2, -0.15) is 4.37 Å². The van der Waals surface area contributed by atoms with Crippen molar-refractivity contribution < 1.29 is 9.53 Å². The molecule has 1 atom stereocenters. The van der Waals surface area contributed by atoms with Crippen LogP contribution < -0.4 is 11.1 Å². The fourth-order valence-corrected chi connectivity index (χ4v) is 1.95. The first-order valence-corrected chi connectivity index (χ1v) is 6.57. The minimum atomic E-state index is -0.427. The van der Waals surface area contributed by atoms with Crippen molar-refractivity contribution in [2.75, 3.05) is 38.3 Å². The van der Waals surface area contributed by atoms with Crippen molar-refractivity contribution in [1.29, 1.82) is 0 Å². The molecule has 1 aromatic heterocycles. The largest absolute Gasteiger partial charge is 0.462 e. The predicted octanol–water partition coefficient (Wildman–Crippen LogP) is 1.26. The molecule has 102 valence electrons. The highest BCUT2D eigenvalue weighted by Gasteiger charge is 2.20. The number of hydrogen-bond donors (Lipinski definition) is 2. The maximum Gasteiger partial charge on any atom is 0.344 e. The lowest BCUT2D eigenvalue weighted by atomic mass is 10.3. The van der Waals surface area contributed by atoms with Crippen molar-refractivity contribution in [3.05, 3.63) is 5.56 Å². The van der Waals surface area contributed by atoms with Gasteiger partial charge >= 0.3 is 5.97 Å². The smallest absolute Gasteiger partial charge is 0.344 e. The lowest BCUT2D eigenvalue weighted by Crippen LogP contribution is -2.31. The highest BCUT2D eigenvalue weighted by Crippen LogP contribution is 2.27. The van der Waals surface area contributed by atoms with E-state index in [1.165, 1.54) is 11.5 Å². The second kappa shape index (κ2) is 6.55. The third kappa shape index (κ3) is 3.58. The van der Waals surface area contributed by atoms with Gasteiger partial charge in [0.05, 0.1) is 6.61 Å². The molecule has 0 fully saturated rings. The summed E-state index contributed by atoms with van der Waals surface area (Å²) >= 11 is 1.18. The Morgan fingerprint density at radius 2 is 2.28 bits per heavy atom. The van der Waals surface area contributed by atoms with Gasteiger partial charge < -0.3 is 20.7 Å². The maximum atomic E-state index is 11.7. The van der Waals surface area contributed by atoms with Crippen LogP contribution in [0.5, 0.6) is 0 Å². The van der Waals surface area contributed by atoms with Crippen LogP contribution in [0.4, 0.5) is 10.8 Å². The van der Waals surface area contributed by atoms with Gasteiger partial charge in [-0.05, 0) is 39.5 Å². The van der Waals surface area contributed by atoms with E-state index in [-0.39, 0.29) is 5.82 Å². The van der Waals surface area contributed by atoms with E-state index in [9.17, 15) is 4.79 Å². The van der Waals surface area contributed by atoms with Crippen LogP contribution in [0.2, 0.25) is 0 Å². The van der Waals surface area contributed by atoms with Crippen molar-refractivity contribution in [2.24, 2.45) is 0 Å². The monoisotopic (exact) mass is 272 g/mol. The number of hydrogen-bond acceptors (Lipinski definition) is 7. The van der Waals surface area contributed by atoms with E-state index in [2.05, 4.69) is 21.5 Å². The molecule has 0 spiro atoms. The quantitative estimate of drug-likeness (QED) is 0.759. The lowest BCUT2D eigenvalue weighted by Gasteiger charge is -2.20. The lowest BCUT2D eigenvalue weighted by molar-refractivity contribution is 0.0529. The van der Waals surface area contributed by atoms with Crippen molar-refractivity contribution in [2.45, 2.75) is 19.9 Å². The SMILES string of the molecule is CCOC(=O)c1c(N)nsc1NCC(C)N(C)C. The average molecular weight is 272 g/mol. The number of likely N-dealkylation sites (N-methyl/N-ethyl adjacent to an activating group) is 1. The Hall–Kier alpha value is -1.34. The minimum absolute atomic E-state index is 0.221. The van der Waals surface area contributed by atoms with Gasteiger partial charge in [0.2, 0.25) is 0 Å². The van der Waals surface area contributed by atoms with E-state index in [1.54, 1.807) is 6.92 Å².